The molecule has 1 aromatic heterocycles. The third kappa shape index (κ3) is 4.14. The standard InChI is InChI=1S/C14H23N3/c1-5-6-7-8-9-10-12-11-17(13(15)16-12)14(2,3)4/h1,11H,6-10H2,2-4H3,(H2,15,16). The van der Waals surface area contributed by atoms with E-state index in [1.54, 1.807) is 0 Å². The van der Waals surface area contributed by atoms with Gasteiger partial charge in [-0.15, -0.1) is 12.3 Å². The van der Waals surface area contributed by atoms with Crippen LogP contribution in [-0.4, -0.2) is 9.55 Å². The van der Waals surface area contributed by atoms with Gasteiger partial charge in [0.2, 0.25) is 5.95 Å². The van der Waals surface area contributed by atoms with Crippen LogP contribution in [0, 0.1) is 12.3 Å². The molecule has 0 radical (unpaired) electrons. The molecule has 0 saturated carbocycles. The van der Waals surface area contributed by atoms with E-state index in [1.807, 2.05) is 4.57 Å². The van der Waals surface area contributed by atoms with E-state index in [-0.39, 0.29) is 5.54 Å². The highest BCUT2D eigenvalue weighted by Crippen LogP contribution is 2.20. The first-order valence-corrected chi connectivity index (χ1v) is 6.23. The maximum absolute atomic E-state index is 5.90. The summed E-state index contributed by atoms with van der Waals surface area (Å²) in [5.41, 5.74) is 6.99. The van der Waals surface area contributed by atoms with Gasteiger partial charge in [-0.1, -0.05) is 6.42 Å². The molecule has 0 unspecified atom stereocenters. The van der Waals surface area contributed by atoms with Crippen LogP contribution >= 0.6 is 0 Å². The number of anilines is 1. The number of hydrogen-bond donors (Lipinski definition) is 1. The molecule has 0 aliphatic heterocycles. The van der Waals surface area contributed by atoms with Crippen molar-refractivity contribution < 1.29 is 0 Å². The first-order valence-electron chi connectivity index (χ1n) is 6.23. The van der Waals surface area contributed by atoms with E-state index in [9.17, 15) is 0 Å². The second kappa shape index (κ2) is 5.77. The molecule has 2 N–H and O–H groups in total. The zero-order chi connectivity index (χ0) is 12.9. The topological polar surface area (TPSA) is 43.8 Å². The lowest BCUT2D eigenvalue weighted by molar-refractivity contribution is 0.402. The lowest BCUT2D eigenvalue weighted by Crippen LogP contribution is -2.22. The molecule has 0 aliphatic carbocycles. The molecule has 0 amide bonds. The summed E-state index contributed by atoms with van der Waals surface area (Å²) in [6.07, 6.45) is 12.5. The Morgan fingerprint density at radius 2 is 2.06 bits per heavy atom. The third-order valence-electron chi connectivity index (χ3n) is 2.76. The molecule has 0 saturated heterocycles. The Bertz CT molecular complexity index is 391. The summed E-state index contributed by atoms with van der Waals surface area (Å²) in [5, 5.41) is 0. The molecule has 0 aromatic carbocycles. The van der Waals surface area contributed by atoms with Crippen molar-refractivity contribution in [3.63, 3.8) is 0 Å². The minimum absolute atomic E-state index is 0.00119. The zero-order valence-electron chi connectivity index (χ0n) is 11.2. The molecule has 94 valence electrons. The maximum Gasteiger partial charge on any atom is 0.200 e. The van der Waals surface area contributed by atoms with Gasteiger partial charge in [0.1, 0.15) is 0 Å². The molecular weight excluding hydrogens is 210 g/mol. The molecule has 1 rings (SSSR count). The number of nitrogen functional groups attached to an aromatic ring is 1. The highest BCUT2D eigenvalue weighted by molar-refractivity contribution is 5.24. The lowest BCUT2D eigenvalue weighted by Gasteiger charge is -2.21. The number of nitrogens with two attached hydrogens (primary N) is 1. The van der Waals surface area contributed by atoms with Crippen molar-refractivity contribution in [2.75, 3.05) is 5.73 Å². The SMILES string of the molecule is C#CCCCCCc1cn(C(C)(C)C)c(N)n1. The molecule has 0 fully saturated rings. The Morgan fingerprint density at radius 1 is 1.35 bits per heavy atom. The number of rotatable bonds is 5. The van der Waals surface area contributed by atoms with E-state index in [4.69, 9.17) is 12.2 Å². The molecule has 1 aromatic rings. The second-order valence-corrected chi connectivity index (χ2v) is 5.40. The average molecular weight is 233 g/mol. The Kier molecular flexibility index (Phi) is 4.62. The van der Waals surface area contributed by atoms with E-state index in [2.05, 4.69) is 37.9 Å². The van der Waals surface area contributed by atoms with Crippen LogP contribution in [0.5, 0.6) is 0 Å². The molecule has 0 bridgehead atoms. The largest absolute Gasteiger partial charge is 0.369 e. The molecule has 0 aliphatic rings. The van der Waals surface area contributed by atoms with Gasteiger partial charge in [-0.25, -0.2) is 4.98 Å². The Hall–Kier alpha value is -1.43. The number of unbranched alkanes of at least 4 members (excludes halogenated alkanes) is 3. The molecule has 1 heterocycles. The van der Waals surface area contributed by atoms with E-state index in [1.165, 1.54) is 0 Å². The van der Waals surface area contributed by atoms with Crippen molar-refractivity contribution in [2.45, 2.75) is 58.4 Å². The van der Waals surface area contributed by atoms with E-state index in [0.29, 0.717) is 5.95 Å². The highest BCUT2D eigenvalue weighted by Gasteiger charge is 2.16. The van der Waals surface area contributed by atoms with Crippen molar-refractivity contribution in [3.8, 4) is 12.3 Å². The van der Waals surface area contributed by atoms with Crippen LogP contribution in [0.4, 0.5) is 5.95 Å². The Labute approximate surface area is 104 Å². The van der Waals surface area contributed by atoms with Crippen molar-refractivity contribution >= 4 is 5.95 Å². The molecule has 0 spiro atoms. The van der Waals surface area contributed by atoms with Gasteiger partial charge in [-0.3, -0.25) is 0 Å². The smallest absolute Gasteiger partial charge is 0.200 e. The number of hydrogen-bond acceptors (Lipinski definition) is 2. The fourth-order valence-electron chi connectivity index (χ4n) is 1.81. The minimum Gasteiger partial charge on any atom is -0.369 e. The zero-order valence-corrected chi connectivity index (χ0v) is 11.2. The van der Waals surface area contributed by atoms with Crippen LogP contribution in [0.25, 0.3) is 0 Å². The number of terminal acetylenes is 1. The summed E-state index contributed by atoms with van der Waals surface area (Å²) in [7, 11) is 0. The van der Waals surface area contributed by atoms with Gasteiger partial charge in [-0.2, -0.15) is 0 Å². The number of nitrogens with zero attached hydrogens (tertiary/aromatic N) is 2. The first-order chi connectivity index (χ1) is 7.95. The predicted molar refractivity (Wildman–Crippen MR) is 72.6 cm³/mol. The number of aromatic nitrogens is 2. The summed E-state index contributed by atoms with van der Waals surface area (Å²) in [4.78, 5) is 4.40. The van der Waals surface area contributed by atoms with Gasteiger partial charge in [-0.05, 0) is 40.0 Å². The first kappa shape index (κ1) is 13.6. The van der Waals surface area contributed by atoms with Crippen LogP contribution < -0.4 is 5.73 Å². The molecule has 17 heavy (non-hydrogen) atoms. The molecule has 3 nitrogen and oxygen atoms in total. The Balaban J connectivity index is 2.48. The molecular formula is C14H23N3. The summed E-state index contributed by atoms with van der Waals surface area (Å²) in [5.74, 6) is 3.27. The van der Waals surface area contributed by atoms with E-state index in [0.717, 1.165) is 37.8 Å². The van der Waals surface area contributed by atoms with Crippen LogP contribution in [-0.2, 0) is 12.0 Å². The van der Waals surface area contributed by atoms with Gasteiger partial charge in [0.25, 0.3) is 0 Å². The van der Waals surface area contributed by atoms with E-state index >= 15 is 0 Å². The third-order valence-corrected chi connectivity index (χ3v) is 2.76. The summed E-state index contributed by atoms with van der Waals surface area (Å²) in [6, 6.07) is 0. The number of aryl methyl sites for hydroxylation is 1. The second-order valence-electron chi connectivity index (χ2n) is 5.40. The highest BCUT2D eigenvalue weighted by atomic mass is 15.2. The summed E-state index contributed by atoms with van der Waals surface area (Å²) < 4.78 is 2.03. The summed E-state index contributed by atoms with van der Waals surface area (Å²) in [6.45, 7) is 6.38. The fourth-order valence-corrected chi connectivity index (χ4v) is 1.81. The number of imidazole rings is 1. The van der Waals surface area contributed by atoms with Crippen molar-refractivity contribution in [3.05, 3.63) is 11.9 Å². The van der Waals surface area contributed by atoms with Crippen molar-refractivity contribution in [2.24, 2.45) is 0 Å². The predicted octanol–water partition coefficient (Wildman–Crippen LogP) is 2.96. The van der Waals surface area contributed by atoms with Crippen LogP contribution in [0.2, 0.25) is 0 Å². The average Bonchev–Trinajstić information content (AvgIpc) is 2.59. The van der Waals surface area contributed by atoms with Gasteiger partial charge in [0, 0.05) is 18.2 Å². The molecule has 0 atom stereocenters. The van der Waals surface area contributed by atoms with Crippen LogP contribution in [0.1, 0.15) is 52.1 Å². The van der Waals surface area contributed by atoms with E-state index < -0.39 is 0 Å². The normalized spacial score (nSPS) is 11.4. The van der Waals surface area contributed by atoms with Crippen LogP contribution in [0.3, 0.4) is 0 Å². The van der Waals surface area contributed by atoms with Crippen molar-refractivity contribution in [1.29, 1.82) is 0 Å². The van der Waals surface area contributed by atoms with Gasteiger partial charge < -0.3 is 10.3 Å². The lowest BCUT2D eigenvalue weighted by atomic mass is 10.1. The summed E-state index contributed by atoms with van der Waals surface area (Å²) >= 11 is 0. The van der Waals surface area contributed by atoms with Crippen molar-refractivity contribution in [1.82, 2.24) is 9.55 Å². The quantitative estimate of drug-likeness (QED) is 0.627. The molecule has 3 heteroatoms. The maximum atomic E-state index is 5.90. The van der Waals surface area contributed by atoms with Gasteiger partial charge in [0.15, 0.2) is 0 Å². The monoisotopic (exact) mass is 233 g/mol. The minimum atomic E-state index is -0.00119. The van der Waals surface area contributed by atoms with Gasteiger partial charge >= 0.3 is 0 Å². The van der Waals surface area contributed by atoms with Crippen LogP contribution in [0.15, 0.2) is 6.20 Å². The fraction of sp³-hybridized carbons (Fsp3) is 0.643. The Morgan fingerprint density at radius 3 is 2.59 bits per heavy atom. The van der Waals surface area contributed by atoms with Gasteiger partial charge in [0.05, 0.1) is 5.69 Å².